The van der Waals surface area contributed by atoms with Gasteiger partial charge in [0.1, 0.15) is 16.7 Å². The summed E-state index contributed by atoms with van der Waals surface area (Å²) in [5.41, 5.74) is 1.41. The molecular weight excluding hydrogens is 443 g/mol. The van der Waals surface area contributed by atoms with Gasteiger partial charge in [-0.15, -0.1) is 0 Å². The minimum absolute atomic E-state index is 0.110. The van der Waals surface area contributed by atoms with E-state index in [-0.39, 0.29) is 6.02 Å². The third-order valence-electron chi connectivity index (χ3n) is 6.25. The number of halogens is 1. The van der Waals surface area contributed by atoms with Crippen molar-refractivity contribution in [2.45, 2.75) is 44.1 Å². The van der Waals surface area contributed by atoms with Gasteiger partial charge in [0.15, 0.2) is 0 Å². The summed E-state index contributed by atoms with van der Waals surface area (Å²) in [5, 5.41) is 2.53. The fourth-order valence-electron chi connectivity index (χ4n) is 4.35. The topological polar surface area (TPSA) is 83.0 Å². The zero-order valence-electron chi connectivity index (χ0n) is 19.2. The highest BCUT2D eigenvalue weighted by molar-refractivity contribution is 7.90. The molecule has 2 aromatic carbocycles. The van der Waals surface area contributed by atoms with Gasteiger partial charge in [0.25, 0.3) is 6.02 Å². The number of amidine groups is 1. The zero-order chi connectivity index (χ0) is 23.6. The number of anilines is 1. The van der Waals surface area contributed by atoms with Crippen molar-refractivity contribution in [2.75, 3.05) is 31.1 Å². The van der Waals surface area contributed by atoms with Crippen molar-refractivity contribution in [1.82, 2.24) is 10.0 Å². The molecule has 2 aliphatic heterocycles. The lowest BCUT2D eigenvalue weighted by molar-refractivity contribution is 0.0762. The van der Waals surface area contributed by atoms with E-state index in [0.717, 1.165) is 37.4 Å². The van der Waals surface area contributed by atoms with Crippen LogP contribution in [0.25, 0.3) is 0 Å². The van der Waals surface area contributed by atoms with Crippen molar-refractivity contribution in [3.63, 3.8) is 0 Å². The smallest absolute Gasteiger partial charge is 0.299 e. The second kappa shape index (κ2) is 9.30. The van der Waals surface area contributed by atoms with Gasteiger partial charge in [-0.1, -0.05) is 30.3 Å². The molecule has 7 nitrogen and oxygen atoms in total. The molecular formula is C24H31FN4O3S. The van der Waals surface area contributed by atoms with Crippen LogP contribution < -0.4 is 14.9 Å². The van der Waals surface area contributed by atoms with Crippen LogP contribution in [0.2, 0.25) is 0 Å². The first-order chi connectivity index (χ1) is 15.7. The lowest BCUT2D eigenvalue weighted by atomic mass is 9.97. The van der Waals surface area contributed by atoms with Gasteiger partial charge in [0.2, 0.25) is 10.0 Å². The Kier molecular flexibility index (Phi) is 6.63. The molecule has 9 heteroatoms. The summed E-state index contributed by atoms with van der Waals surface area (Å²) >= 11 is 0. The molecule has 2 aliphatic rings. The predicted octanol–water partition coefficient (Wildman–Crippen LogP) is 2.99. The minimum Gasteiger partial charge on any atom is -0.457 e. The van der Waals surface area contributed by atoms with Gasteiger partial charge < -0.3 is 15.0 Å². The molecule has 33 heavy (non-hydrogen) atoms. The van der Waals surface area contributed by atoms with Crippen LogP contribution in [-0.4, -0.2) is 51.5 Å². The molecule has 2 fully saturated rings. The molecule has 0 unspecified atom stereocenters. The van der Waals surface area contributed by atoms with E-state index < -0.39 is 32.7 Å². The summed E-state index contributed by atoms with van der Waals surface area (Å²) < 4.78 is 48.8. The Morgan fingerprint density at radius 2 is 1.82 bits per heavy atom. The maximum absolute atomic E-state index is 14.1. The van der Waals surface area contributed by atoms with E-state index in [1.165, 1.54) is 6.07 Å². The Hall–Kier alpha value is -2.65. The fraction of sp³-hybridized carbons (Fsp3) is 0.458. The summed E-state index contributed by atoms with van der Waals surface area (Å²) in [6, 6.07) is 13.6. The van der Waals surface area contributed by atoms with Crippen molar-refractivity contribution in [1.29, 1.82) is 0 Å². The molecule has 0 aromatic heterocycles. The molecule has 178 valence electrons. The molecule has 4 rings (SSSR count). The number of nitrogens with one attached hydrogen (secondary N) is 2. The van der Waals surface area contributed by atoms with Gasteiger partial charge in [-0.3, -0.25) is 0 Å². The van der Waals surface area contributed by atoms with Gasteiger partial charge in [0, 0.05) is 37.4 Å². The van der Waals surface area contributed by atoms with Gasteiger partial charge >= 0.3 is 0 Å². The maximum Gasteiger partial charge on any atom is 0.299 e. The summed E-state index contributed by atoms with van der Waals surface area (Å²) in [4.78, 5) is 6.63. The van der Waals surface area contributed by atoms with Crippen molar-refractivity contribution >= 4 is 21.7 Å². The highest BCUT2D eigenvalue weighted by atomic mass is 32.2. The van der Waals surface area contributed by atoms with Crippen LogP contribution in [0.15, 0.2) is 53.5 Å². The SMILES string of the molecule is C[C@H](N=C1NS(=O)(=O)[C@H](Cc2ccc(N3CCNCC3)cc2)C(C)(C)O1)c1ccccc1F. The fourth-order valence-corrected chi connectivity index (χ4v) is 6.04. The third-order valence-corrected chi connectivity index (χ3v) is 8.19. The zero-order valence-corrected chi connectivity index (χ0v) is 20.0. The maximum atomic E-state index is 14.1. The molecule has 0 bridgehead atoms. The number of hydrogen-bond donors (Lipinski definition) is 2. The number of hydrogen-bond acceptors (Lipinski definition) is 6. The van der Waals surface area contributed by atoms with E-state index in [1.54, 1.807) is 39.0 Å². The second-order valence-electron chi connectivity index (χ2n) is 9.08. The minimum atomic E-state index is -3.77. The predicted molar refractivity (Wildman–Crippen MR) is 128 cm³/mol. The highest BCUT2D eigenvalue weighted by Gasteiger charge is 2.47. The van der Waals surface area contributed by atoms with E-state index in [2.05, 4.69) is 19.9 Å². The number of aliphatic imine (C=N–C) groups is 1. The number of benzene rings is 2. The van der Waals surface area contributed by atoms with Crippen LogP contribution in [0, 0.1) is 5.82 Å². The average Bonchev–Trinajstić information content (AvgIpc) is 2.77. The Bertz CT molecular complexity index is 1110. The Morgan fingerprint density at radius 1 is 1.15 bits per heavy atom. The molecule has 2 heterocycles. The van der Waals surface area contributed by atoms with Gasteiger partial charge in [-0.05, 0) is 51.0 Å². The second-order valence-corrected chi connectivity index (χ2v) is 10.9. The van der Waals surface area contributed by atoms with E-state index >= 15 is 0 Å². The van der Waals surface area contributed by atoms with Crippen molar-refractivity contribution in [2.24, 2.45) is 4.99 Å². The third kappa shape index (κ3) is 5.30. The number of rotatable bonds is 5. The van der Waals surface area contributed by atoms with Crippen LogP contribution in [0.3, 0.4) is 0 Å². The van der Waals surface area contributed by atoms with Gasteiger partial charge in [-0.2, -0.15) is 0 Å². The van der Waals surface area contributed by atoms with Crippen molar-refractivity contribution in [3.8, 4) is 0 Å². The standard InChI is InChI=1S/C24H31FN4O3S/c1-17(20-6-4-5-7-21(20)25)27-23-28-33(30,31)22(24(2,3)32-23)16-18-8-10-19(11-9-18)29-14-12-26-13-15-29/h4-11,17,22,26H,12-16H2,1-3H3,(H,27,28)/t17-,22+/m0/s1. The van der Waals surface area contributed by atoms with Gasteiger partial charge in [-0.25, -0.2) is 22.5 Å². The molecule has 2 aromatic rings. The molecule has 0 spiro atoms. The largest absolute Gasteiger partial charge is 0.457 e. The van der Waals surface area contributed by atoms with Crippen LogP contribution in [0.4, 0.5) is 10.1 Å². The van der Waals surface area contributed by atoms with Crippen molar-refractivity contribution < 1.29 is 17.5 Å². The summed E-state index contributed by atoms with van der Waals surface area (Å²) in [5.74, 6) is -0.394. The Balaban J connectivity index is 1.50. The number of piperazine rings is 1. The summed E-state index contributed by atoms with van der Waals surface area (Å²) in [6.45, 7) is 9.01. The lowest BCUT2D eigenvalue weighted by Crippen LogP contribution is -2.59. The van der Waals surface area contributed by atoms with Crippen LogP contribution in [0.5, 0.6) is 0 Å². The summed E-state index contributed by atoms with van der Waals surface area (Å²) in [7, 11) is -3.77. The number of sulfonamides is 1. The number of ether oxygens (including phenoxy) is 1. The van der Waals surface area contributed by atoms with E-state index in [0.29, 0.717) is 12.0 Å². The Morgan fingerprint density at radius 3 is 2.45 bits per heavy atom. The molecule has 0 radical (unpaired) electrons. The van der Waals surface area contributed by atoms with Crippen molar-refractivity contribution in [3.05, 3.63) is 65.5 Å². The first kappa shape index (κ1) is 23.5. The monoisotopic (exact) mass is 474 g/mol. The summed E-state index contributed by atoms with van der Waals surface area (Å²) in [6.07, 6.45) is 0.306. The molecule has 2 saturated heterocycles. The Labute approximate surface area is 195 Å². The van der Waals surface area contributed by atoms with E-state index in [1.807, 2.05) is 24.3 Å². The van der Waals surface area contributed by atoms with Crippen LogP contribution in [-0.2, 0) is 21.2 Å². The highest BCUT2D eigenvalue weighted by Crippen LogP contribution is 2.30. The van der Waals surface area contributed by atoms with Gasteiger partial charge in [0.05, 0.1) is 6.04 Å². The molecule has 0 saturated carbocycles. The molecule has 2 atom stereocenters. The number of nitrogens with zero attached hydrogens (tertiary/aromatic N) is 2. The molecule has 2 N–H and O–H groups in total. The first-order valence-electron chi connectivity index (χ1n) is 11.2. The van der Waals surface area contributed by atoms with E-state index in [4.69, 9.17) is 4.74 Å². The lowest BCUT2D eigenvalue weighted by Gasteiger charge is -2.39. The van der Waals surface area contributed by atoms with Crippen LogP contribution in [0.1, 0.15) is 37.9 Å². The molecule has 0 amide bonds. The molecule has 0 aliphatic carbocycles. The quantitative estimate of drug-likeness (QED) is 0.696. The van der Waals surface area contributed by atoms with Crippen LogP contribution >= 0.6 is 0 Å². The average molecular weight is 475 g/mol. The first-order valence-corrected chi connectivity index (χ1v) is 12.8. The normalized spacial score (nSPS) is 24.1. The van der Waals surface area contributed by atoms with E-state index in [9.17, 15) is 12.8 Å².